The fourth-order valence-electron chi connectivity index (χ4n) is 4.33. The summed E-state index contributed by atoms with van der Waals surface area (Å²) in [7, 11) is 0. The summed E-state index contributed by atoms with van der Waals surface area (Å²) in [4.78, 5) is 31.8. The number of hydrogen-bond donors (Lipinski definition) is 1. The van der Waals surface area contributed by atoms with Gasteiger partial charge in [0.25, 0.3) is 5.91 Å². The Kier molecular flexibility index (Phi) is 7.59. The highest BCUT2D eigenvalue weighted by molar-refractivity contribution is 5.91. The molecule has 7 heteroatoms. The molecule has 3 aromatic rings. The van der Waals surface area contributed by atoms with Crippen LogP contribution in [0.25, 0.3) is 11.0 Å². The first-order valence-electron chi connectivity index (χ1n) is 11.8. The summed E-state index contributed by atoms with van der Waals surface area (Å²) in [6, 6.07) is 11.4. The van der Waals surface area contributed by atoms with Crippen molar-refractivity contribution in [3.8, 4) is 0 Å². The van der Waals surface area contributed by atoms with Gasteiger partial charge in [0.15, 0.2) is 5.76 Å². The summed E-state index contributed by atoms with van der Waals surface area (Å²) < 4.78 is 7.20. The number of imidazole rings is 1. The number of carbonyl (C=O) groups excluding carboxylic acids is 2. The first-order valence-corrected chi connectivity index (χ1v) is 11.8. The summed E-state index contributed by atoms with van der Waals surface area (Å²) in [6.07, 6.45) is 9.75. The second-order valence-corrected chi connectivity index (χ2v) is 8.44. The SMILES string of the molecule is O=C(NCCCCCc1nc2ccccc2n1CC(=O)N1CCCCCC1)c1ccco1. The molecule has 1 aliphatic heterocycles. The van der Waals surface area contributed by atoms with Crippen LogP contribution < -0.4 is 5.32 Å². The van der Waals surface area contributed by atoms with E-state index < -0.39 is 0 Å². The molecule has 170 valence electrons. The number of para-hydroxylation sites is 2. The van der Waals surface area contributed by atoms with E-state index in [9.17, 15) is 9.59 Å². The number of rotatable bonds is 9. The molecular weight excluding hydrogens is 404 g/mol. The highest BCUT2D eigenvalue weighted by Crippen LogP contribution is 2.19. The second-order valence-electron chi connectivity index (χ2n) is 8.44. The highest BCUT2D eigenvalue weighted by Gasteiger charge is 2.19. The number of benzene rings is 1. The number of aromatic nitrogens is 2. The molecule has 1 saturated heterocycles. The first-order chi connectivity index (χ1) is 15.7. The maximum Gasteiger partial charge on any atom is 0.286 e. The Morgan fingerprint density at radius 3 is 2.56 bits per heavy atom. The number of fused-ring (bicyclic) bond motifs is 1. The van der Waals surface area contributed by atoms with Crippen LogP contribution in [-0.2, 0) is 17.8 Å². The zero-order chi connectivity index (χ0) is 22.2. The lowest BCUT2D eigenvalue weighted by molar-refractivity contribution is -0.131. The van der Waals surface area contributed by atoms with Gasteiger partial charge >= 0.3 is 0 Å². The predicted octanol–water partition coefficient (Wildman–Crippen LogP) is 4.17. The third kappa shape index (κ3) is 5.58. The van der Waals surface area contributed by atoms with Crippen LogP contribution in [0.5, 0.6) is 0 Å². The van der Waals surface area contributed by atoms with Crippen molar-refractivity contribution in [3.05, 3.63) is 54.2 Å². The maximum absolute atomic E-state index is 13.0. The lowest BCUT2D eigenvalue weighted by atomic mass is 10.2. The van der Waals surface area contributed by atoms with Gasteiger partial charge in [-0.3, -0.25) is 9.59 Å². The maximum atomic E-state index is 13.0. The molecule has 4 rings (SSSR count). The molecule has 1 N–H and O–H groups in total. The molecule has 1 fully saturated rings. The average Bonchev–Trinajstić information content (AvgIpc) is 3.37. The minimum Gasteiger partial charge on any atom is -0.459 e. The van der Waals surface area contributed by atoms with Crippen molar-refractivity contribution >= 4 is 22.8 Å². The van der Waals surface area contributed by atoms with E-state index in [1.165, 1.54) is 19.1 Å². The van der Waals surface area contributed by atoms with Crippen LogP contribution in [0.4, 0.5) is 0 Å². The summed E-state index contributed by atoms with van der Waals surface area (Å²) in [5.74, 6) is 1.32. The van der Waals surface area contributed by atoms with E-state index in [0.717, 1.165) is 68.5 Å². The van der Waals surface area contributed by atoms with Gasteiger partial charge in [0.1, 0.15) is 12.4 Å². The number of amides is 2. The van der Waals surface area contributed by atoms with Crippen molar-refractivity contribution in [2.45, 2.75) is 57.9 Å². The van der Waals surface area contributed by atoms with Crippen molar-refractivity contribution in [2.24, 2.45) is 0 Å². The molecule has 1 aromatic carbocycles. The smallest absolute Gasteiger partial charge is 0.286 e. The van der Waals surface area contributed by atoms with Gasteiger partial charge < -0.3 is 19.2 Å². The fraction of sp³-hybridized carbons (Fsp3) is 0.480. The summed E-state index contributed by atoms with van der Waals surface area (Å²) >= 11 is 0. The molecule has 0 saturated carbocycles. The van der Waals surface area contributed by atoms with Crippen LogP contribution >= 0.6 is 0 Å². The zero-order valence-corrected chi connectivity index (χ0v) is 18.6. The van der Waals surface area contributed by atoms with Gasteiger partial charge in [0.05, 0.1) is 17.3 Å². The first kappa shape index (κ1) is 22.1. The molecule has 0 spiro atoms. The molecule has 0 unspecified atom stereocenters. The molecule has 0 bridgehead atoms. The van der Waals surface area contributed by atoms with Gasteiger partial charge in [-0.25, -0.2) is 4.98 Å². The van der Waals surface area contributed by atoms with Gasteiger partial charge in [-0.05, 0) is 49.9 Å². The number of nitrogens with one attached hydrogen (secondary N) is 1. The third-order valence-electron chi connectivity index (χ3n) is 6.09. The average molecular weight is 437 g/mol. The lowest BCUT2D eigenvalue weighted by Crippen LogP contribution is -2.34. The standard InChI is InChI=1S/C25H32N4O3/c30-24(28-16-8-1-2-9-17-28)19-29-21-12-6-5-11-20(21)27-23(29)14-4-3-7-15-26-25(31)22-13-10-18-32-22/h5-6,10-13,18H,1-4,7-9,14-17,19H2,(H,26,31). The van der Waals surface area contributed by atoms with Crippen LogP contribution in [-0.4, -0.2) is 45.9 Å². The van der Waals surface area contributed by atoms with E-state index >= 15 is 0 Å². The normalized spacial score (nSPS) is 14.4. The Balaban J connectivity index is 1.32. The van der Waals surface area contributed by atoms with Crippen molar-refractivity contribution in [3.63, 3.8) is 0 Å². The van der Waals surface area contributed by atoms with Gasteiger partial charge in [0.2, 0.25) is 5.91 Å². The molecule has 2 amide bonds. The van der Waals surface area contributed by atoms with Crippen molar-refractivity contribution in [1.29, 1.82) is 0 Å². The Hall–Kier alpha value is -3.09. The molecule has 7 nitrogen and oxygen atoms in total. The minimum absolute atomic E-state index is 0.177. The van der Waals surface area contributed by atoms with Crippen LogP contribution in [0.2, 0.25) is 0 Å². The van der Waals surface area contributed by atoms with Gasteiger partial charge in [-0.1, -0.05) is 31.4 Å². The number of carbonyl (C=O) groups is 2. The molecular formula is C25H32N4O3. The molecule has 1 aliphatic rings. The van der Waals surface area contributed by atoms with Crippen molar-refractivity contribution < 1.29 is 14.0 Å². The van der Waals surface area contributed by atoms with E-state index in [1.807, 2.05) is 29.2 Å². The second kappa shape index (κ2) is 11.0. The Morgan fingerprint density at radius 1 is 0.969 bits per heavy atom. The monoisotopic (exact) mass is 436 g/mol. The highest BCUT2D eigenvalue weighted by atomic mass is 16.3. The lowest BCUT2D eigenvalue weighted by Gasteiger charge is -2.21. The molecule has 0 atom stereocenters. The molecule has 0 radical (unpaired) electrons. The largest absolute Gasteiger partial charge is 0.459 e. The molecule has 0 aliphatic carbocycles. The van der Waals surface area contributed by atoms with Gasteiger partial charge in [-0.2, -0.15) is 0 Å². The number of unbranched alkanes of at least 4 members (excludes halogenated alkanes) is 2. The van der Waals surface area contributed by atoms with E-state index in [1.54, 1.807) is 12.1 Å². The Bertz CT molecular complexity index is 1020. The van der Waals surface area contributed by atoms with Crippen molar-refractivity contribution in [1.82, 2.24) is 19.8 Å². The van der Waals surface area contributed by atoms with Gasteiger partial charge in [-0.15, -0.1) is 0 Å². The summed E-state index contributed by atoms with van der Waals surface area (Å²) in [6.45, 7) is 2.70. The van der Waals surface area contributed by atoms with E-state index in [-0.39, 0.29) is 11.8 Å². The Morgan fingerprint density at radius 2 is 1.78 bits per heavy atom. The van der Waals surface area contributed by atoms with Crippen LogP contribution in [0.3, 0.4) is 0 Å². The topological polar surface area (TPSA) is 80.4 Å². The van der Waals surface area contributed by atoms with E-state index in [0.29, 0.717) is 18.8 Å². The van der Waals surface area contributed by atoms with E-state index in [4.69, 9.17) is 9.40 Å². The van der Waals surface area contributed by atoms with E-state index in [2.05, 4.69) is 9.88 Å². The number of likely N-dealkylation sites (tertiary alicyclic amines) is 1. The number of aryl methyl sites for hydroxylation is 1. The number of hydrogen-bond acceptors (Lipinski definition) is 4. The third-order valence-corrected chi connectivity index (χ3v) is 6.09. The summed E-state index contributed by atoms with van der Waals surface area (Å²) in [5, 5.41) is 2.88. The fourth-order valence-corrected chi connectivity index (χ4v) is 4.33. The van der Waals surface area contributed by atoms with Crippen LogP contribution in [0.1, 0.15) is 61.3 Å². The Labute approximate surface area is 188 Å². The number of furan rings is 1. The van der Waals surface area contributed by atoms with Crippen LogP contribution in [0, 0.1) is 0 Å². The zero-order valence-electron chi connectivity index (χ0n) is 18.6. The molecule has 32 heavy (non-hydrogen) atoms. The van der Waals surface area contributed by atoms with Gasteiger partial charge in [0, 0.05) is 26.1 Å². The quantitative estimate of drug-likeness (QED) is 0.511. The molecule has 2 aromatic heterocycles. The number of nitrogens with zero attached hydrogens (tertiary/aromatic N) is 3. The minimum atomic E-state index is -0.177. The predicted molar refractivity (Wildman–Crippen MR) is 123 cm³/mol. The van der Waals surface area contributed by atoms with Crippen LogP contribution in [0.15, 0.2) is 47.1 Å². The summed E-state index contributed by atoms with van der Waals surface area (Å²) in [5.41, 5.74) is 1.97. The molecule has 3 heterocycles. The van der Waals surface area contributed by atoms with Crippen molar-refractivity contribution in [2.75, 3.05) is 19.6 Å².